The van der Waals surface area contributed by atoms with Crippen molar-refractivity contribution in [2.45, 2.75) is 20.4 Å². The number of nitrogens with zero attached hydrogens (tertiary/aromatic N) is 1. The SMILES string of the molecule is CCOC(=O)c1c(C)n(Cc2ccco2)c2c1cc(OCC(=O)NN)c1ccccc12. The summed E-state index contributed by atoms with van der Waals surface area (Å²) in [5.74, 6) is 5.54. The number of furan rings is 1. The lowest BCUT2D eigenvalue weighted by atomic mass is 10.0. The van der Waals surface area contributed by atoms with Crippen LogP contribution in [0.5, 0.6) is 5.75 Å². The summed E-state index contributed by atoms with van der Waals surface area (Å²) in [4.78, 5) is 24.5. The highest BCUT2D eigenvalue weighted by Gasteiger charge is 2.24. The minimum absolute atomic E-state index is 0.243. The Hall–Kier alpha value is -3.78. The second-order valence-electron chi connectivity index (χ2n) is 7.02. The van der Waals surface area contributed by atoms with E-state index in [1.54, 1.807) is 19.3 Å². The molecule has 31 heavy (non-hydrogen) atoms. The number of hydrogen-bond acceptors (Lipinski definition) is 6. The Morgan fingerprint density at radius 2 is 1.90 bits per heavy atom. The van der Waals surface area contributed by atoms with Gasteiger partial charge in [-0.15, -0.1) is 0 Å². The maximum Gasteiger partial charge on any atom is 0.340 e. The zero-order chi connectivity index (χ0) is 22.0. The van der Waals surface area contributed by atoms with Gasteiger partial charge in [-0.2, -0.15) is 0 Å². The van der Waals surface area contributed by atoms with Crippen molar-refractivity contribution in [1.29, 1.82) is 0 Å². The van der Waals surface area contributed by atoms with Crippen LogP contribution in [0.25, 0.3) is 21.7 Å². The van der Waals surface area contributed by atoms with Crippen molar-refractivity contribution in [3.63, 3.8) is 0 Å². The third kappa shape index (κ3) is 3.73. The lowest BCUT2D eigenvalue weighted by molar-refractivity contribution is -0.123. The number of nitrogens with one attached hydrogen (secondary N) is 1. The molecule has 4 aromatic rings. The van der Waals surface area contributed by atoms with E-state index < -0.39 is 11.9 Å². The number of fused-ring (bicyclic) bond motifs is 3. The summed E-state index contributed by atoms with van der Waals surface area (Å²) in [5.41, 5.74) is 4.13. The standard InChI is InChI=1S/C23H23N3O5/c1-3-29-23(28)21-14(2)26(12-15-7-6-10-30-15)22-17-9-5-4-8-16(17)19(11-18(21)22)31-13-20(27)25-24/h4-11H,3,12-13,24H2,1-2H3,(H,25,27). The molecule has 8 heteroatoms. The molecule has 0 aliphatic rings. The molecule has 0 saturated carbocycles. The van der Waals surface area contributed by atoms with Crippen LogP contribution in [0.4, 0.5) is 0 Å². The molecule has 0 aliphatic heterocycles. The van der Waals surface area contributed by atoms with Crippen molar-refractivity contribution in [1.82, 2.24) is 9.99 Å². The van der Waals surface area contributed by atoms with Crippen molar-refractivity contribution >= 4 is 33.6 Å². The van der Waals surface area contributed by atoms with E-state index in [4.69, 9.17) is 19.7 Å². The van der Waals surface area contributed by atoms with Gasteiger partial charge in [0, 0.05) is 21.9 Å². The van der Waals surface area contributed by atoms with E-state index in [2.05, 4.69) is 5.43 Å². The molecule has 0 unspecified atom stereocenters. The van der Waals surface area contributed by atoms with Crippen LogP contribution >= 0.6 is 0 Å². The first-order valence-electron chi connectivity index (χ1n) is 9.91. The average Bonchev–Trinajstić information content (AvgIpc) is 3.38. The van der Waals surface area contributed by atoms with Gasteiger partial charge < -0.3 is 18.5 Å². The molecule has 0 radical (unpaired) electrons. The zero-order valence-electron chi connectivity index (χ0n) is 17.3. The molecule has 2 heterocycles. The predicted molar refractivity (Wildman–Crippen MR) is 116 cm³/mol. The molecule has 0 fully saturated rings. The molecular formula is C23H23N3O5. The normalized spacial score (nSPS) is 11.1. The van der Waals surface area contributed by atoms with Crippen LogP contribution in [0.2, 0.25) is 0 Å². The van der Waals surface area contributed by atoms with Gasteiger partial charge in [0.2, 0.25) is 0 Å². The number of aromatic nitrogens is 1. The molecule has 0 spiro atoms. The van der Waals surface area contributed by atoms with E-state index in [0.717, 1.165) is 27.7 Å². The number of amides is 1. The Kier molecular flexibility index (Phi) is 5.64. The highest BCUT2D eigenvalue weighted by atomic mass is 16.5. The topological polar surface area (TPSA) is 109 Å². The molecule has 0 bridgehead atoms. The second kappa shape index (κ2) is 8.53. The highest BCUT2D eigenvalue weighted by molar-refractivity contribution is 6.16. The number of benzene rings is 2. The minimum atomic E-state index is -0.457. The van der Waals surface area contributed by atoms with Gasteiger partial charge in [0.25, 0.3) is 5.91 Å². The predicted octanol–water partition coefficient (Wildman–Crippen LogP) is 3.29. The second-order valence-corrected chi connectivity index (χ2v) is 7.02. The number of nitrogens with two attached hydrogens (primary N) is 1. The van der Waals surface area contributed by atoms with Gasteiger partial charge in [-0.25, -0.2) is 10.6 Å². The Morgan fingerprint density at radius 3 is 2.58 bits per heavy atom. The molecule has 2 aromatic heterocycles. The summed E-state index contributed by atoms with van der Waals surface area (Å²) < 4.78 is 18.7. The van der Waals surface area contributed by atoms with E-state index in [1.165, 1.54) is 0 Å². The summed E-state index contributed by atoms with van der Waals surface area (Å²) in [5, 5.41) is 2.38. The van der Waals surface area contributed by atoms with Crippen LogP contribution in [-0.2, 0) is 16.1 Å². The Bertz CT molecular complexity index is 1260. The zero-order valence-corrected chi connectivity index (χ0v) is 17.3. The number of carbonyl (C=O) groups is 2. The van der Waals surface area contributed by atoms with Crippen LogP contribution < -0.4 is 16.0 Å². The number of esters is 1. The molecular weight excluding hydrogens is 398 g/mol. The minimum Gasteiger partial charge on any atom is -0.483 e. The van der Waals surface area contributed by atoms with Gasteiger partial charge in [0.1, 0.15) is 11.5 Å². The monoisotopic (exact) mass is 421 g/mol. The highest BCUT2D eigenvalue weighted by Crippen LogP contribution is 2.38. The average molecular weight is 421 g/mol. The number of carbonyl (C=O) groups excluding carboxylic acids is 2. The van der Waals surface area contributed by atoms with E-state index in [1.807, 2.05) is 47.9 Å². The molecule has 160 valence electrons. The van der Waals surface area contributed by atoms with Gasteiger partial charge in [0.15, 0.2) is 6.61 Å². The number of ether oxygens (including phenoxy) is 2. The van der Waals surface area contributed by atoms with Crippen LogP contribution in [-0.4, -0.2) is 29.7 Å². The van der Waals surface area contributed by atoms with E-state index in [0.29, 0.717) is 23.2 Å². The fraction of sp³-hybridized carbons (Fsp3) is 0.217. The molecule has 0 aliphatic carbocycles. The van der Waals surface area contributed by atoms with Gasteiger partial charge in [-0.3, -0.25) is 10.2 Å². The maximum absolute atomic E-state index is 12.9. The molecule has 0 saturated heterocycles. The fourth-order valence-corrected chi connectivity index (χ4v) is 3.83. The van der Waals surface area contributed by atoms with Crippen molar-refractivity contribution in [3.8, 4) is 5.75 Å². The Balaban J connectivity index is 2.00. The smallest absolute Gasteiger partial charge is 0.340 e. The van der Waals surface area contributed by atoms with Crippen LogP contribution in [0.3, 0.4) is 0 Å². The lowest BCUT2D eigenvalue weighted by Crippen LogP contribution is -2.34. The first kappa shape index (κ1) is 20.5. The van der Waals surface area contributed by atoms with Crippen molar-refractivity contribution in [2.24, 2.45) is 5.84 Å². The van der Waals surface area contributed by atoms with E-state index >= 15 is 0 Å². The molecule has 1 amide bonds. The quantitative estimate of drug-likeness (QED) is 0.205. The van der Waals surface area contributed by atoms with Crippen LogP contribution in [0, 0.1) is 6.92 Å². The first-order chi connectivity index (χ1) is 15.0. The van der Waals surface area contributed by atoms with Crippen LogP contribution in [0.15, 0.2) is 53.1 Å². The van der Waals surface area contributed by atoms with E-state index in [-0.39, 0.29) is 13.2 Å². The number of rotatable bonds is 7. The third-order valence-electron chi connectivity index (χ3n) is 5.18. The summed E-state index contributed by atoms with van der Waals surface area (Å²) in [7, 11) is 0. The van der Waals surface area contributed by atoms with Crippen molar-refractivity contribution < 1.29 is 23.5 Å². The number of hydrogen-bond donors (Lipinski definition) is 2. The molecule has 2 aromatic carbocycles. The maximum atomic E-state index is 12.9. The van der Waals surface area contributed by atoms with E-state index in [9.17, 15) is 9.59 Å². The lowest BCUT2D eigenvalue weighted by Gasteiger charge is -2.12. The Labute approximate surface area is 178 Å². The van der Waals surface area contributed by atoms with Crippen molar-refractivity contribution in [2.75, 3.05) is 13.2 Å². The number of hydrazine groups is 1. The molecule has 4 rings (SSSR count). The summed E-state index contributed by atoms with van der Waals surface area (Å²) in [6.07, 6.45) is 1.62. The third-order valence-corrected chi connectivity index (χ3v) is 5.18. The van der Waals surface area contributed by atoms with Gasteiger partial charge in [-0.05, 0) is 32.0 Å². The summed E-state index contributed by atoms with van der Waals surface area (Å²) in [6.45, 7) is 4.12. The molecule has 8 nitrogen and oxygen atoms in total. The molecule has 0 atom stereocenters. The largest absolute Gasteiger partial charge is 0.483 e. The van der Waals surface area contributed by atoms with Crippen LogP contribution in [0.1, 0.15) is 28.7 Å². The fourth-order valence-electron chi connectivity index (χ4n) is 3.83. The van der Waals surface area contributed by atoms with Gasteiger partial charge in [-0.1, -0.05) is 24.3 Å². The molecule has 3 N–H and O–H groups in total. The van der Waals surface area contributed by atoms with Gasteiger partial charge in [0.05, 0.1) is 30.5 Å². The summed E-state index contributed by atoms with van der Waals surface area (Å²) in [6, 6.07) is 13.2. The van der Waals surface area contributed by atoms with Gasteiger partial charge >= 0.3 is 5.97 Å². The Morgan fingerprint density at radius 1 is 1.13 bits per heavy atom. The van der Waals surface area contributed by atoms with Crippen molar-refractivity contribution in [3.05, 3.63) is 65.7 Å². The first-order valence-corrected chi connectivity index (χ1v) is 9.91. The summed E-state index contributed by atoms with van der Waals surface area (Å²) >= 11 is 0.